The van der Waals surface area contributed by atoms with Gasteiger partial charge in [-0.1, -0.05) is 41.9 Å². The lowest BCUT2D eigenvalue weighted by molar-refractivity contribution is -0.121. The van der Waals surface area contributed by atoms with Crippen LogP contribution in [-0.4, -0.2) is 10.5 Å². The number of benzene rings is 2. The summed E-state index contributed by atoms with van der Waals surface area (Å²) in [5, 5.41) is 3.33. The van der Waals surface area contributed by atoms with Crippen molar-refractivity contribution in [2.24, 2.45) is 0 Å². The lowest BCUT2D eigenvalue weighted by Gasteiger charge is -2.06. The van der Waals surface area contributed by atoms with Crippen molar-refractivity contribution in [1.29, 1.82) is 0 Å². The number of oxazole rings is 1. The molecule has 0 spiro atoms. The van der Waals surface area contributed by atoms with Crippen LogP contribution in [0.2, 0.25) is 5.02 Å². The van der Waals surface area contributed by atoms with Gasteiger partial charge < -0.3 is 9.73 Å². The first-order valence-corrected chi connectivity index (χ1v) is 7.61. The smallest absolute Gasteiger partial charge is 0.408 e. The second-order valence-electron chi connectivity index (χ2n) is 5.14. The molecule has 1 aromatic heterocycles. The van der Waals surface area contributed by atoms with Crippen LogP contribution in [0.25, 0.3) is 11.1 Å². The molecule has 23 heavy (non-hydrogen) atoms. The Morgan fingerprint density at radius 1 is 1.17 bits per heavy atom. The molecule has 3 rings (SSSR count). The largest absolute Gasteiger partial charge is 0.419 e. The van der Waals surface area contributed by atoms with E-state index in [-0.39, 0.29) is 18.9 Å². The van der Waals surface area contributed by atoms with E-state index in [9.17, 15) is 9.59 Å². The lowest BCUT2D eigenvalue weighted by atomic mass is 10.2. The Morgan fingerprint density at radius 2 is 1.96 bits per heavy atom. The third-order valence-electron chi connectivity index (χ3n) is 3.53. The van der Waals surface area contributed by atoms with Crippen LogP contribution in [0.15, 0.2) is 57.7 Å². The fourth-order valence-corrected chi connectivity index (χ4v) is 2.51. The van der Waals surface area contributed by atoms with Crippen LogP contribution in [-0.2, 0) is 17.9 Å². The number of aryl methyl sites for hydroxylation is 1. The second-order valence-corrected chi connectivity index (χ2v) is 5.58. The minimum atomic E-state index is -0.488. The van der Waals surface area contributed by atoms with Crippen LogP contribution < -0.4 is 11.1 Å². The number of carbonyl (C=O) groups excluding carboxylic acids is 1. The predicted molar refractivity (Wildman–Crippen MR) is 88.4 cm³/mol. The molecule has 0 aliphatic rings. The minimum Gasteiger partial charge on any atom is -0.408 e. The van der Waals surface area contributed by atoms with E-state index in [2.05, 4.69) is 5.32 Å². The molecular weight excluding hydrogens is 316 g/mol. The summed E-state index contributed by atoms with van der Waals surface area (Å²) in [7, 11) is 0. The number of rotatable bonds is 5. The van der Waals surface area contributed by atoms with Gasteiger partial charge in [0.2, 0.25) is 5.91 Å². The van der Waals surface area contributed by atoms with Gasteiger partial charge in [0.1, 0.15) is 0 Å². The molecule has 0 atom stereocenters. The van der Waals surface area contributed by atoms with E-state index in [0.717, 1.165) is 5.56 Å². The van der Waals surface area contributed by atoms with Gasteiger partial charge in [-0.25, -0.2) is 4.79 Å². The predicted octanol–water partition coefficient (Wildman–Crippen LogP) is 2.95. The molecular formula is C17H15ClN2O3. The van der Waals surface area contributed by atoms with Gasteiger partial charge in [0, 0.05) is 30.6 Å². The number of nitrogens with one attached hydrogen (secondary N) is 1. The number of hydrogen-bond donors (Lipinski definition) is 1. The molecule has 0 aliphatic heterocycles. The van der Waals surface area contributed by atoms with Crippen LogP contribution in [0, 0.1) is 0 Å². The fourth-order valence-electron chi connectivity index (χ4n) is 2.35. The monoisotopic (exact) mass is 330 g/mol. The molecule has 1 amide bonds. The molecule has 0 radical (unpaired) electrons. The standard InChI is InChI=1S/C17H15ClN2O3/c18-13-6-7-14-15(10-13)23-17(22)20(14)9-8-16(21)19-11-12-4-2-1-3-5-12/h1-7,10H,8-9,11H2,(H,19,21). The number of aromatic nitrogens is 1. The molecule has 0 fully saturated rings. The molecule has 5 nitrogen and oxygen atoms in total. The minimum absolute atomic E-state index is 0.121. The van der Waals surface area contributed by atoms with Crippen molar-refractivity contribution in [3.05, 3.63) is 69.7 Å². The summed E-state index contributed by atoms with van der Waals surface area (Å²) in [5.74, 6) is -0.609. The van der Waals surface area contributed by atoms with Crippen LogP contribution in [0.4, 0.5) is 0 Å². The van der Waals surface area contributed by atoms with Crippen molar-refractivity contribution in [2.45, 2.75) is 19.5 Å². The first-order chi connectivity index (χ1) is 11.1. The summed E-state index contributed by atoms with van der Waals surface area (Å²) in [6, 6.07) is 14.6. The highest BCUT2D eigenvalue weighted by Crippen LogP contribution is 2.18. The number of amides is 1. The van der Waals surface area contributed by atoms with E-state index in [1.54, 1.807) is 18.2 Å². The van der Waals surface area contributed by atoms with Gasteiger partial charge in [-0.2, -0.15) is 0 Å². The Balaban J connectivity index is 1.63. The highest BCUT2D eigenvalue weighted by molar-refractivity contribution is 6.31. The van der Waals surface area contributed by atoms with E-state index in [4.69, 9.17) is 16.0 Å². The molecule has 0 saturated carbocycles. The van der Waals surface area contributed by atoms with Crippen molar-refractivity contribution >= 4 is 28.6 Å². The third-order valence-corrected chi connectivity index (χ3v) is 3.76. The molecule has 118 valence electrons. The summed E-state index contributed by atoms with van der Waals surface area (Å²) in [4.78, 5) is 23.8. The maximum Gasteiger partial charge on any atom is 0.419 e. The molecule has 0 bridgehead atoms. The van der Waals surface area contributed by atoms with Gasteiger partial charge >= 0.3 is 5.76 Å². The third kappa shape index (κ3) is 3.63. The second kappa shape index (κ2) is 6.71. The topological polar surface area (TPSA) is 64.2 Å². The quantitative estimate of drug-likeness (QED) is 0.782. The van der Waals surface area contributed by atoms with E-state index in [0.29, 0.717) is 22.7 Å². The van der Waals surface area contributed by atoms with Crippen molar-refractivity contribution in [3.8, 4) is 0 Å². The first-order valence-electron chi connectivity index (χ1n) is 7.23. The lowest BCUT2D eigenvalue weighted by Crippen LogP contribution is -2.25. The maximum atomic E-state index is 11.9. The van der Waals surface area contributed by atoms with Crippen molar-refractivity contribution in [2.75, 3.05) is 0 Å². The molecule has 0 unspecified atom stereocenters. The van der Waals surface area contributed by atoms with E-state index in [1.807, 2.05) is 30.3 Å². The molecule has 1 heterocycles. The molecule has 6 heteroatoms. The molecule has 2 aromatic carbocycles. The molecule has 0 aliphatic carbocycles. The Labute approximate surface area is 137 Å². The normalized spacial score (nSPS) is 10.8. The van der Waals surface area contributed by atoms with Gasteiger partial charge in [0.05, 0.1) is 5.52 Å². The van der Waals surface area contributed by atoms with Crippen molar-refractivity contribution < 1.29 is 9.21 Å². The van der Waals surface area contributed by atoms with Gasteiger partial charge in [-0.05, 0) is 17.7 Å². The summed E-state index contributed by atoms with van der Waals surface area (Å²) in [6.07, 6.45) is 0.198. The Kier molecular flexibility index (Phi) is 4.48. The number of halogens is 1. The SMILES string of the molecule is O=C(CCn1c(=O)oc2cc(Cl)ccc21)NCc1ccccc1. The fraction of sp³-hybridized carbons (Fsp3) is 0.176. The first kappa shape index (κ1) is 15.4. The average molecular weight is 331 g/mol. The van der Waals surface area contributed by atoms with Gasteiger partial charge in [-0.3, -0.25) is 9.36 Å². The number of nitrogens with zero attached hydrogens (tertiary/aromatic N) is 1. The summed E-state index contributed by atoms with van der Waals surface area (Å²) in [5.41, 5.74) is 2.09. The number of hydrogen-bond acceptors (Lipinski definition) is 3. The summed E-state index contributed by atoms with van der Waals surface area (Å²) >= 11 is 5.87. The molecule has 0 saturated heterocycles. The Hall–Kier alpha value is -2.53. The average Bonchev–Trinajstić information content (AvgIpc) is 2.86. The van der Waals surface area contributed by atoms with Gasteiger partial charge in [0.15, 0.2) is 5.58 Å². The Bertz CT molecular complexity index is 884. The molecule has 3 aromatic rings. The van der Waals surface area contributed by atoms with E-state index < -0.39 is 5.76 Å². The summed E-state index contributed by atoms with van der Waals surface area (Å²) < 4.78 is 6.57. The zero-order valence-electron chi connectivity index (χ0n) is 12.3. The van der Waals surface area contributed by atoms with Crippen molar-refractivity contribution in [1.82, 2.24) is 9.88 Å². The summed E-state index contributed by atoms with van der Waals surface area (Å²) in [6.45, 7) is 0.727. The van der Waals surface area contributed by atoms with Crippen LogP contribution >= 0.6 is 11.6 Å². The Morgan fingerprint density at radius 3 is 2.74 bits per heavy atom. The van der Waals surface area contributed by atoms with E-state index >= 15 is 0 Å². The van der Waals surface area contributed by atoms with Crippen LogP contribution in [0.3, 0.4) is 0 Å². The number of carbonyl (C=O) groups is 1. The van der Waals surface area contributed by atoms with E-state index in [1.165, 1.54) is 4.57 Å². The zero-order valence-corrected chi connectivity index (χ0v) is 13.0. The van der Waals surface area contributed by atoms with Crippen LogP contribution in [0.1, 0.15) is 12.0 Å². The number of fused-ring (bicyclic) bond motifs is 1. The molecule has 1 N–H and O–H groups in total. The van der Waals surface area contributed by atoms with Gasteiger partial charge in [-0.15, -0.1) is 0 Å². The maximum absolute atomic E-state index is 11.9. The van der Waals surface area contributed by atoms with Crippen LogP contribution in [0.5, 0.6) is 0 Å². The highest BCUT2D eigenvalue weighted by atomic mass is 35.5. The zero-order chi connectivity index (χ0) is 16.2. The van der Waals surface area contributed by atoms with Gasteiger partial charge in [0.25, 0.3) is 0 Å². The van der Waals surface area contributed by atoms with Crippen molar-refractivity contribution in [3.63, 3.8) is 0 Å². The highest BCUT2D eigenvalue weighted by Gasteiger charge is 2.11.